The maximum Gasteiger partial charge on any atom is 0.307 e. The second-order valence-electron chi connectivity index (χ2n) is 6.54. The van der Waals surface area contributed by atoms with Gasteiger partial charge in [0.15, 0.2) is 0 Å². The summed E-state index contributed by atoms with van der Waals surface area (Å²) in [6.07, 6.45) is 3.83. The van der Waals surface area contributed by atoms with Crippen LogP contribution < -0.4 is 10.2 Å². The van der Waals surface area contributed by atoms with Gasteiger partial charge >= 0.3 is 5.97 Å². The number of anilines is 2. The van der Waals surface area contributed by atoms with Crippen molar-refractivity contribution in [1.29, 1.82) is 0 Å². The van der Waals surface area contributed by atoms with Crippen LogP contribution in [-0.2, 0) is 22.4 Å². The van der Waals surface area contributed by atoms with Gasteiger partial charge < -0.3 is 15.3 Å². The van der Waals surface area contributed by atoms with Crippen molar-refractivity contribution in [2.45, 2.75) is 32.1 Å². The monoisotopic (exact) mass is 353 g/mol. The van der Waals surface area contributed by atoms with Crippen LogP contribution in [0.3, 0.4) is 0 Å². The molecule has 2 aromatic rings. The summed E-state index contributed by atoms with van der Waals surface area (Å²) in [7, 11) is 0. The molecule has 1 aliphatic heterocycles. The Kier molecular flexibility index (Phi) is 5.84. The van der Waals surface area contributed by atoms with E-state index in [0.29, 0.717) is 5.82 Å². The van der Waals surface area contributed by atoms with Crippen LogP contribution in [0.15, 0.2) is 42.5 Å². The van der Waals surface area contributed by atoms with E-state index in [1.165, 1.54) is 19.3 Å². The van der Waals surface area contributed by atoms with E-state index in [4.69, 9.17) is 5.11 Å². The number of pyridine rings is 1. The minimum absolute atomic E-state index is 0.0142. The Bertz CT molecular complexity index is 768. The molecule has 0 spiro atoms. The van der Waals surface area contributed by atoms with Crippen molar-refractivity contribution in [3.8, 4) is 0 Å². The molecule has 3 rings (SSSR count). The molecule has 136 valence electrons. The van der Waals surface area contributed by atoms with Gasteiger partial charge in [-0.15, -0.1) is 0 Å². The predicted octanol–water partition coefficient (Wildman–Crippen LogP) is 2.88. The molecule has 0 unspecified atom stereocenters. The zero-order valence-corrected chi connectivity index (χ0v) is 14.6. The van der Waals surface area contributed by atoms with Gasteiger partial charge in [0.25, 0.3) is 0 Å². The number of nitrogens with zero attached hydrogens (tertiary/aromatic N) is 2. The van der Waals surface area contributed by atoms with E-state index in [1.807, 2.05) is 12.1 Å². The number of hydrogen-bond donors (Lipinski definition) is 2. The van der Waals surface area contributed by atoms with Gasteiger partial charge in [0.2, 0.25) is 5.91 Å². The number of carboxylic acid groups (broad SMARTS) is 1. The number of aromatic nitrogens is 1. The second kappa shape index (κ2) is 8.47. The molecule has 1 aliphatic rings. The summed E-state index contributed by atoms with van der Waals surface area (Å²) in [5, 5.41) is 11.6. The lowest BCUT2D eigenvalue weighted by molar-refractivity contribution is -0.136. The molecular formula is C20H23N3O3. The zero-order valence-electron chi connectivity index (χ0n) is 14.6. The Morgan fingerprint density at radius 3 is 2.27 bits per heavy atom. The van der Waals surface area contributed by atoms with E-state index in [2.05, 4.69) is 15.2 Å². The molecular weight excluding hydrogens is 330 g/mol. The van der Waals surface area contributed by atoms with Gasteiger partial charge in [-0.1, -0.05) is 30.3 Å². The maximum atomic E-state index is 12.3. The highest BCUT2D eigenvalue weighted by molar-refractivity contribution is 5.91. The molecule has 0 radical (unpaired) electrons. The standard InChI is InChI=1S/C20H23N3O3/c24-19(13-15-7-9-16(10-8-15)14-20(25)26)22-17-5-4-6-18(21-17)23-11-2-1-3-12-23/h4-10H,1-3,11-14H2,(H,25,26)(H,21,22,24). The number of carboxylic acids is 1. The predicted molar refractivity (Wildman–Crippen MR) is 100 cm³/mol. The highest BCUT2D eigenvalue weighted by Crippen LogP contribution is 2.19. The number of piperidine rings is 1. The van der Waals surface area contributed by atoms with Crippen LogP contribution in [0.1, 0.15) is 30.4 Å². The fourth-order valence-corrected chi connectivity index (χ4v) is 3.11. The van der Waals surface area contributed by atoms with Crippen molar-refractivity contribution in [3.63, 3.8) is 0 Å². The van der Waals surface area contributed by atoms with Gasteiger partial charge in [0.05, 0.1) is 12.8 Å². The second-order valence-corrected chi connectivity index (χ2v) is 6.54. The molecule has 6 nitrogen and oxygen atoms in total. The van der Waals surface area contributed by atoms with E-state index in [0.717, 1.165) is 30.0 Å². The van der Waals surface area contributed by atoms with Crippen molar-refractivity contribution in [2.75, 3.05) is 23.3 Å². The topological polar surface area (TPSA) is 82.5 Å². The van der Waals surface area contributed by atoms with Crippen molar-refractivity contribution >= 4 is 23.5 Å². The molecule has 1 saturated heterocycles. The molecule has 1 aromatic heterocycles. The lowest BCUT2D eigenvalue weighted by Gasteiger charge is -2.27. The lowest BCUT2D eigenvalue weighted by Crippen LogP contribution is -2.30. The average Bonchev–Trinajstić information content (AvgIpc) is 2.64. The number of rotatable bonds is 6. The Labute approximate surface area is 152 Å². The largest absolute Gasteiger partial charge is 0.481 e. The van der Waals surface area contributed by atoms with E-state index < -0.39 is 5.97 Å². The molecule has 0 atom stereocenters. The molecule has 0 bridgehead atoms. The van der Waals surface area contributed by atoms with Crippen molar-refractivity contribution in [2.24, 2.45) is 0 Å². The number of benzene rings is 1. The van der Waals surface area contributed by atoms with Gasteiger partial charge in [-0.2, -0.15) is 0 Å². The summed E-state index contributed by atoms with van der Waals surface area (Å²) in [5.41, 5.74) is 1.56. The van der Waals surface area contributed by atoms with Crippen LogP contribution in [0.4, 0.5) is 11.6 Å². The third-order valence-electron chi connectivity index (χ3n) is 4.42. The van der Waals surface area contributed by atoms with Crippen LogP contribution in [0.25, 0.3) is 0 Å². The molecule has 1 amide bonds. The third-order valence-corrected chi connectivity index (χ3v) is 4.42. The Balaban J connectivity index is 1.58. The Morgan fingerprint density at radius 1 is 0.962 bits per heavy atom. The summed E-state index contributed by atoms with van der Waals surface area (Å²) >= 11 is 0. The highest BCUT2D eigenvalue weighted by Gasteiger charge is 2.13. The Morgan fingerprint density at radius 2 is 1.62 bits per heavy atom. The van der Waals surface area contributed by atoms with Crippen LogP contribution >= 0.6 is 0 Å². The van der Waals surface area contributed by atoms with Gasteiger partial charge in [0, 0.05) is 13.1 Å². The Hall–Kier alpha value is -2.89. The first-order valence-corrected chi connectivity index (χ1v) is 8.91. The number of carbonyl (C=O) groups excluding carboxylic acids is 1. The van der Waals surface area contributed by atoms with Gasteiger partial charge in [-0.3, -0.25) is 9.59 Å². The number of aliphatic carboxylic acids is 1. The van der Waals surface area contributed by atoms with Crippen LogP contribution in [0.2, 0.25) is 0 Å². The summed E-state index contributed by atoms with van der Waals surface area (Å²) in [6, 6.07) is 12.7. The van der Waals surface area contributed by atoms with Crippen LogP contribution in [-0.4, -0.2) is 35.1 Å². The number of hydrogen-bond acceptors (Lipinski definition) is 4. The first-order valence-electron chi connectivity index (χ1n) is 8.91. The fourth-order valence-electron chi connectivity index (χ4n) is 3.11. The molecule has 2 heterocycles. The van der Waals surface area contributed by atoms with Crippen molar-refractivity contribution in [1.82, 2.24) is 4.98 Å². The SMILES string of the molecule is O=C(O)Cc1ccc(CC(=O)Nc2cccc(N3CCCCC3)n2)cc1. The van der Waals surface area contributed by atoms with E-state index in [1.54, 1.807) is 30.3 Å². The first kappa shape index (κ1) is 17.9. The van der Waals surface area contributed by atoms with Crippen LogP contribution in [0.5, 0.6) is 0 Å². The van der Waals surface area contributed by atoms with Crippen molar-refractivity contribution in [3.05, 3.63) is 53.6 Å². The number of nitrogens with one attached hydrogen (secondary N) is 1. The molecule has 6 heteroatoms. The molecule has 1 aromatic carbocycles. The van der Waals surface area contributed by atoms with Gasteiger partial charge in [0.1, 0.15) is 11.6 Å². The minimum Gasteiger partial charge on any atom is -0.481 e. The zero-order chi connectivity index (χ0) is 18.4. The van der Waals surface area contributed by atoms with E-state index in [-0.39, 0.29) is 18.7 Å². The van der Waals surface area contributed by atoms with Crippen molar-refractivity contribution < 1.29 is 14.7 Å². The highest BCUT2D eigenvalue weighted by atomic mass is 16.4. The maximum absolute atomic E-state index is 12.3. The fraction of sp³-hybridized carbons (Fsp3) is 0.350. The number of amides is 1. The molecule has 1 fully saturated rings. The summed E-state index contributed by atoms with van der Waals surface area (Å²) in [5.74, 6) is 0.454. The van der Waals surface area contributed by atoms with Crippen LogP contribution in [0, 0.1) is 0 Å². The molecule has 0 aliphatic carbocycles. The summed E-state index contributed by atoms with van der Waals surface area (Å²) in [4.78, 5) is 29.8. The van der Waals surface area contributed by atoms with E-state index in [9.17, 15) is 9.59 Å². The smallest absolute Gasteiger partial charge is 0.307 e. The van der Waals surface area contributed by atoms with Gasteiger partial charge in [-0.05, 0) is 42.5 Å². The quantitative estimate of drug-likeness (QED) is 0.834. The lowest BCUT2D eigenvalue weighted by atomic mass is 10.1. The van der Waals surface area contributed by atoms with E-state index >= 15 is 0 Å². The molecule has 2 N–H and O–H groups in total. The average molecular weight is 353 g/mol. The molecule has 0 saturated carbocycles. The summed E-state index contributed by atoms with van der Waals surface area (Å²) < 4.78 is 0. The first-order chi connectivity index (χ1) is 12.6. The minimum atomic E-state index is -0.866. The normalized spacial score (nSPS) is 14.1. The summed E-state index contributed by atoms with van der Waals surface area (Å²) in [6.45, 7) is 2.01. The van der Waals surface area contributed by atoms with Gasteiger partial charge in [-0.25, -0.2) is 4.98 Å². The number of carbonyl (C=O) groups is 2. The molecule has 26 heavy (non-hydrogen) atoms. The third kappa shape index (κ3) is 5.05.